The van der Waals surface area contributed by atoms with Crippen molar-refractivity contribution in [1.29, 1.82) is 0 Å². The molecule has 0 saturated carbocycles. The van der Waals surface area contributed by atoms with Crippen molar-refractivity contribution in [3.63, 3.8) is 0 Å². The molecule has 5 nitrogen and oxygen atoms in total. The Bertz CT molecular complexity index is 891. The van der Waals surface area contributed by atoms with Gasteiger partial charge in [-0.3, -0.25) is 19.8 Å². The summed E-state index contributed by atoms with van der Waals surface area (Å²) in [4.78, 5) is 26.7. The Balaban J connectivity index is 2.05. The maximum absolute atomic E-state index is 13.0. The average Bonchev–Trinajstić information content (AvgIpc) is 2.97. The monoisotopic (exact) mass is 353 g/mol. The second-order valence-corrected chi connectivity index (χ2v) is 6.41. The molecule has 0 unspecified atom stereocenters. The molecule has 0 radical (unpaired) electrons. The zero-order chi connectivity index (χ0) is 18.1. The van der Waals surface area contributed by atoms with Gasteiger partial charge in [-0.15, -0.1) is 0 Å². The minimum atomic E-state index is -0.473. The highest BCUT2D eigenvalue weighted by atomic mass is 32.1. The van der Waals surface area contributed by atoms with E-state index in [0.717, 1.165) is 23.4 Å². The highest BCUT2D eigenvalue weighted by Gasteiger charge is 2.34. The van der Waals surface area contributed by atoms with Crippen LogP contribution >= 0.6 is 12.2 Å². The van der Waals surface area contributed by atoms with Crippen molar-refractivity contribution < 1.29 is 9.59 Å². The number of carbonyl (C=O) groups is 2. The molecule has 3 rings (SSSR count). The molecule has 128 valence electrons. The molecule has 0 spiro atoms. The maximum atomic E-state index is 13.0. The van der Waals surface area contributed by atoms with Crippen LogP contribution in [0.4, 0.5) is 5.69 Å². The summed E-state index contributed by atoms with van der Waals surface area (Å²) in [7, 11) is 0. The second kappa shape index (κ2) is 6.64. The topological polar surface area (TPSA) is 54.3 Å². The first-order chi connectivity index (χ1) is 11.9. The number of aromatic nitrogens is 1. The van der Waals surface area contributed by atoms with Crippen LogP contribution in [0.5, 0.6) is 0 Å². The molecule has 25 heavy (non-hydrogen) atoms. The van der Waals surface area contributed by atoms with E-state index in [-0.39, 0.29) is 10.7 Å². The van der Waals surface area contributed by atoms with Gasteiger partial charge in [-0.1, -0.05) is 6.07 Å². The lowest BCUT2D eigenvalue weighted by molar-refractivity contribution is -0.122. The molecular weight excluding hydrogens is 334 g/mol. The van der Waals surface area contributed by atoms with Crippen molar-refractivity contribution in [3.8, 4) is 0 Å². The first-order valence-electron chi connectivity index (χ1n) is 8.05. The van der Waals surface area contributed by atoms with E-state index in [9.17, 15) is 9.59 Å². The molecule has 1 saturated heterocycles. The number of nitrogens with one attached hydrogen (secondary N) is 1. The first-order valence-corrected chi connectivity index (χ1v) is 8.46. The number of nitrogens with zero attached hydrogens (tertiary/aromatic N) is 2. The van der Waals surface area contributed by atoms with E-state index < -0.39 is 11.8 Å². The van der Waals surface area contributed by atoms with Gasteiger partial charge >= 0.3 is 0 Å². The highest BCUT2D eigenvalue weighted by molar-refractivity contribution is 7.80. The summed E-state index contributed by atoms with van der Waals surface area (Å²) in [6, 6.07) is 9.52. The molecule has 0 atom stereocenters. The summed E-state index contributed by atoms with van der Waals surface area (Å²) < 4.78 is 1.96. The molecule has 2 amide bonds. The van der Waals surface area contributed by atoms with E-state index >= 15 is 0 Å². The van der Waals surface area contributed by atoms with Gasteiger partial charge in [0.2, 0.25) is 0 Å². The SMILES string of the molecule is CCn1cccc1/C=C1\C(=O)NC(=S)N(c2cc(C)cc(C)c2)C1=O. The van der Waals surface area contributed by atoms with Gasteiger partial charge in [0, 0.05) is 18.4 Å². The van der Waals surface area contributed by atoms with Gasteiger partial charge in [-0.2, -0.15) is 0 Å². The Morgan fingerprint density at radius 1 is 1.16 bits per heavy atom. The average molecular weight is 353 g/mol. The standard InChI is InChI=1S/C19H19N3O2S/c1-4-21-7-5-6-14(21)11-16-17(23)20-19(25)22(18(16)24)15-9-12(2)8-13(3)10-15/h5-11H,4H2,1-3H3,(H,20,23,25)/b16-11+. The number of amides is 2. The molecule has 0 aliphatic carbocycles. The van der Waals surface area contributed by atoms with E-state index in [2.05, 4.69) is 5.32 Å². The molecule has 1 N–H and O–H groups in total. The van der Waals surface area contributed by atoms with Crippen LogP contribution in [0, 0.1) is 13.8 Å². The number of rotatable bonds is 3. The van der Waals surface area contributed by atoms with Crippen LogP contribution < -0.4 is 10.2 Å². The number of hydrogen-bond acceptors (Lipinski definition) is 3. The van der Waals surface area contributed by atoms with Gasteiger partial charge in [0.1, 0.15) is 5.57 Å². The molecule has 1 fully saturated rings. The quantitative estimate of drug-likeness (QED) is 0.524. The minimum absolute atomic E-state index is 0.0705. The number of thiocarbonyl (C=S) groups is 1. The van der Waals surface area contributed by atoms with E-state index in [1.165, 1.54) is 4.90 Å². The summed E-state index contributed by atoms with van der Waals surface area (Å²) in [6.45, 7) is 6.66. The van der Waals surface area contributed by atoms with Crippen LogP contribution in [0.15, 0.2) is 42.1 Å². The Hall–Kier alpha value is -2.73. The van der Waals surface area contributed by atoms with E-state index in [0.29, 0.717) is 5.69 Å². The first kappa shape index (κ1) is 17.1. The van der Waals surface area contributed by atoms with Crippen molar-refractivity contribution in [2.24, 2.45) is 0 Å². The van der Waals surface area contributed by atoms with Crippen molar-refractivity contribution in [1.82, 2.24) is 9.88 Å². The Labute approximate surface area is 151 Å². The van der Waals surface area contributed by atoms with Crippen LogP contribution in [0.1, 0.15) is 23.7 Å². The van der Waals surface area contributed by atoms with Crippen molar-refractivity contribution in [3.05, 3.63) is 58.9 Å². The predicted molar refractivity (Wildman–Crippen MR) is 102 cm³/mol. The third kappa shape index (κ3) is 3.25. The zero-order valence-electron chi connectivity index (χ0n) is 14.4. The number of benzene rings is 1. The molecule has 0 bridgehead atoms. The van der Waals surface area contributed by atoms with E-state index in [4.69, 9.17) is 12.2 Å². The summed E-state index contributed by atoms with van der Waals surface area (Å²) in [5.74, 6) is -0.887. The number of carbonyl (C=O) groups excluding carboxylic acids is 2. The molecule has 1 aromatic heterocycles. The number of hydrogen-bond donors (Lipinski definition) is 1. The largest absolute Gasteiger partial charge is 0.348 e. The Morgan fingerprint density at radius 3 is 2.48 bits per heavy atom. The normalized spacial score (nSPS) is 16.5. The van der Waals surface area contributed by atoms with Crippen LogP contribution in [0.25, 0.3) is 6.08 Å². The van der Waals surface area contributed by atoms with E-state index in [1.807, 2.05) is 61.9 Å². The summed E-state index contributed by atoms with van der Waals surface area (Å²) in [6.07, 6.45) is 3.52. The number of anilines is 1. The molecule has 6 heteroatoms. The third-order valence-electron chi connectivity index (χ3n) is 4.06. The summed E-state index contributed by atoms with van der Waals surface area (Å²) in [5.41, 5.74) is 3.57. The number of aryl methyl sites for hydroxylation is 3. The smallest absolute Gasteiger partial charge is 0.270 e. The summed E-state index contributed by atoms with van der Waals surface area (Å²) >= 11 is 5.24. The maximum Gasteiger partial charge on any atom is 0.270 e. The Kier molecular flexibility index (Phi) is 4.55. The molecule has 2 heterocycles. The van der Waals surface area contributed by atoms with Gasteiger partial charge in [0.25, 0.3) is 11.8 Å². The van der Waals surface area contributed by atoms with E-state index in [1.54, 1.807) is 6.08 Å². The van der Waals surface area contributed by atoms with Gasteiger partial charge in [-0.25, -0.2) is 0 Å². The third-order valence-corrected chi connectivity index (χ3v) is 4.35. The minimum Gasteiger partial charge on any atom is -0.348 e. The van der Waals surface area contributed by atoms with Crippen molar-refractivity contribution >= 4 is 40.9 Å². The fourth-order valence-corrected chi connectivity index (χ4v) is 3.25. The van der Waals surface area contributed by atoms with Crippen LogP contribution in [-0.4, -0.2) is 21.5 Å². The van der Waals surface area contributed by atoms with Crippen LogP contribution in [-0.2, 0) is 16.1 Å². The highest BCUT2D eigenvalue weighted by Crippen LogP contribution is 2.24. The molecule has 1 aliphatic heterocycles. The lowest BCUT2D eigenvalue weighted by Gasteiger charge is -2.29. The van der Waals surface area contributed by atoms with Gasteiger partial charge in [0.05, 0.1) is 5.69 Å². The second-order valence-electron chi connectivity index (χ2n) is 6.02. The van der Waals surface area contributed by atoms with Gasteiger partial charge in [0.15, 0.2) is 5.11 Å². The molecule has 2 aromatic rings. The van der Waals surface area contributed by atoms with Crippen molar-refractivity contribution in [2.45, 2.75) is 27.3 Å². The van der Waals surface area contributed by atoms with Gasteiger partial charge < -0.3 is 4.57 Å². The fourth-order valence-electron chi connectivity index (χ4n) is 2.97. The Morgan fingerprint density at radius 2 is 1.84 bits per heavy atom. The van der Waals surface area contributed by atoms with Crippen LogP contribution in [0.2, 0.25) is 0 Å². The molecule has 1 aliphatic rings. The zero-order valence-corrected chi connectivity index (χ0v) is 15.2. The fraction of sp³-hybridized carbons (Fsp3) is 0.211. The van der Waals surface area contributed by atoms with Gasteiger partial charge in [-0.05, 0) is 74.5 Å². The summed E-state index contributed by atoms with van der Waals surface area (Å²) in [5, 5.41) is 2.72. The molecular formula is C19H19N3O2S. The van der Waals surface area contributed by atoms with Crippen LogP contribution in [0.3, 0.4) is 0 Å². The predicted octanol–water partition coefficient (Wildman–Crippen LogP) is 2.96. The molecule has 1 aromatic carbocycles. The lowest BCUT2D eigenvalue weighted by Crippen LogP contribution is -2.54. The van der Waals surface area contributed by atoms with Crippen molar-refractivity contribution in [2.75, 3.05) is 4.90 Å². The lowest BCUT2D eigenvalue weighted by atomic mass is 10.1.